The van der Waals surface area contributed by atoms with Gasteiger partial charge < -0.3 is 20.3 Å². The SMILES string of the molecule is CC1CN(c2ccc(CNC(=O)Nc3ccc(Cl)c(Cl)c3)cn2)CCO1. The highest BCUT2D eigenvalue weighted by Crippen LogP contribution is 2.24. The number of hydrogen-bond acceptors (Lipinski definition) is 4. The maximum absolute atomic E-state index is 12.0. The molecule has 1 aromatic carbocycles. The number of anilines is 2. The summed E-state index contributed by atoms with van der Waals surface area (Å²) in [4.78, 5) is 18.7. The quantitative estimate of drug-likeness (QED) is 0.823. The molecule has 1 fully saturated rings. The Morgan fingerprint density at radius 3 is 2.85 bits per heavy atom. The summed E-state index contributed by atoms with van der Waals surface area (Å²) in [5, 5.41) is 6.33. The number of nitrogens with one attached hydrogen (secondary N) is 2. The van der Waals surface area contributed by atoms with Crippen LogP contribution >= 0.6 is 23.2 Å². The second-order valence-corrected chi connectivity index (χ2v) is 6.90. The molecule has 2 amide bonds. The molecule has 0 radical (unpaired) electrons. The fourth-order valence-corrected chi connectivity index (χ4v) is 2.96. The van der Waals surface area contributed by atoms with Gasteiger partial charge in [0.05, 0.1) is 22.8 Å². The first kappa shape index (κ1) is 18.8. The number of benzene rings is 1. The minimum absolute atomic E-state index is 0.206. The van der Waals surface area contributed by atoms with Crippen LogP contribution in [0.4, 0.5) is 16.3 Å². The summed E-state index contributed by atoms with van der Waals surface area (Å²) in [5.74, 6) is 0.921. The highest BCUT2D eigenvalue weighted by molar-refractivity contribution is 6.42. The molecule has 26 heavy (non-hydrogen) atoms. The number of halogens is 2. The van der Waals surface area contributed by atoms with Crippen LogP contribution in [0.5, 0.6) is 0 Å². The number of aromatic nitrogens is 1. The van der Waals surface area contributed by atoms with Crippen molar-refractivity contribution in [3.63, 3.8) is 0 Å². The Morgan fingerprint density at radius 1 is 1.31 bits per heavy atom. The lowest BCUT2D eigenvalue weighted by Crippen LogP contribution is -2.41. The maximum atomic E-state index is 12.0. The minimum atomic E-state index is -0.325. The fourth-order valence-electron chi connectivity index (χ4n) is 2.67. The zero-order valence-corrected chi connectivity index (χ0v) is 15.8. The number of amides is 2. The zero-order chi connectivity index (χ0) is 18.5. The van der Waals surface area contributed by atoms with Crippen LogP contribution in [0.25, 0.3) is 0 Å². The highest BCUT2D eigenvalue weighted by atomic mass is 35.5. The van der Waals surface area contributed by atoms with E-state index in [1.807, 2.05) is 12.1 Å². The van der Waals surface area contributed by atoms with Crippen LogP contribution in [-0.4, -0.2) is 36.8 Å². The summed E-state index contributed by atoms with van der Waals surface area (Å²) in [7, 11) is 0. The molecule has 6 nitrogen and oxygen atoms in total. The van der Waals surface area contributed by atoms with Gasteiger partial charge in [-0.3, -0.25) is 0 Å². The van der Waals surface area contributed by atoms with E-state index in [4.69, 9.17) is 27.9 Å². The molecule has 1 aliphatic heterocycles. The fraction of sp³-hybridized carbons (Fsp3) is 0.333. The van der Waals surface area contributed by atoms with Gasteiger partial charge in [-0.2, -0.15) is 0 Å². The number of carbonyl (C=O) groups excluding carboxylic acids is 1. The Bertz CT molecular complexity index is 770. The van der Waals surface area contributed by atoms with Crippen molar-refractivity contribution >= 4 is 40.7 Å². The monoisotopic (exact) mass is 394 g/mol. The zero-order valence-electron chi connectivity index (χ0n) is 14.3. The molecule has 2 N–H and O–H groups in total. The van der Waals surface area contributed by atoms with Gasteiger partial charge in [0.2, 0.25) is 0 Å². The molecule has 0 spiro atoms. The normalized spacial score (nSPS) is 17.0. The van der Waals surface area contributed by atoms with E-state index in [9.17, 15) is 4.79 Å². The van der Waals surface area contributed by atoms with E-state index in [0.717, 1.165) is 24.5 Å². The molecule has 0 saturated carbocycles. The summed E-state index contributed by atoms with van der Waals surface area (Å²) >= 11 is 11.8. The first-order valence-corrected chi connectivity index (χ1v) is 9.08. The van der Waals surface area contributed by atoms with E-state index in [1.54, 1.807) is 24.4 Å². The third-order valence-electron chi connectivity index (χ3n) is 4.00. The van der Waals surface area contributed by atoms with Crippen LogP contribution < -0.4 is 15.5 Å². The van der Waals surface area contributed by atoms with Gasteiger partial charge in [0, 0.05) is 31.5 Å². The molecule has 1 saturated heterocycles. The number of nitrogens with zero attached hydrogens (tertiary/aromatic N) is 2. The Morgan fingerprint density at radius 2 is 2.15 bits per heavy atom. The van der Waals surface area contributed by atoms with E-state index in [2.05, 4.69) is 27.4 Å². The van der Waals surface area contributed by atoms with Crippen LogP contribution in [0.1, 0.15) is 12.5 Å². The van der Waals surface area contributed by atoms with Gasteiger partial charge in [0.1, 0.15) is 5.82 Å². The predicted molar refractivity (Wildman–Crippen MR) is 104 cm³/mol. The second kappa shape index (κ2) is 8.58. The van der Waals surface area contributed by atoms with Crippen LogP contribution in [-0.2, 0) is 11.3 Å². The molecule has 1 aliphatic rings. The van der Waals surface area contributed by atoms with Crippen molar-refractivity contribution in [3.8, 4) is 0 Å². The molecule has 0 bridgehead atoms. The van der Waals surface area contributed by atoms with Gasteiger partial charge in [-0.1, -0.05) is 29.3 Å². The molecular weight excluding hydrogens is 375 g/mol. The van der Waals surface area contributed by atoms with Crippen LogP contribution in [0.3, 0.4) is 0 Å². The third-order valence-corrected chi connectivity index (χ3v) is 4.74. The van der Waals surface area contributed by atoms with Crippen molar-refractivity contribution in [1.82, 2.24) is 10.3 Å². The van der Waals surface area contributed by atoms with Crippen molar-refractivity contribution < 1.29 is 9.53 Å². The number of hydrogen-bond donors (Lipinski definition) is 2. The van der Waals surface area contributed by atoms with Crippen LogP contribution in [0.2, 0.25) is 10.0 Å². The lowest BCUT2D eigenvalue weighted by molar-refractivity contribution is 0.0529. The smallest absolute Gasteiger partial charge is 0.319 e. The molecule has 2 aromatic rings. The van der Waals surface area contributed by atoms with Crippen molar-refractivity contribution in [2.24, 2.45) is 0 Å². The van der Waals surface area contributed by atoms with Crippen LogP contribution in [0, 0.1) is 0 Å². The molecule has 1 atom stereocenters. The maximum Gasteiger partial charge on any atom is 0.319 e. The van der Waals surface area contributed by atoms with Gasteiger partial charge in [0.25, 0.3) is 0 Å². The van der Waals surface area contributed by atoms with Crippen molar-refractivity contribution in [2.45, 2.75) is 19.6 Å². The number of rotatable bonds is 4. The summed E-state index contributed by atoms with van der Waals surface area (Å²) in [6.45, 7) is 4.80. The van der Waals surface area contributed by atoms with Crippen molar-refractivity contribution in [3.05, 3.63) is 52.1 Å². The number of morpholine rings is 1. The second-order valence-electron chi connectivity index (χ2n) is 6.09. The summed E-state index contributed by atoms with van der Waals surface area (Å²) in [6, 6.07) is 8.52. The lowest BCUT2D eigenvalue weighted by Gasteiger charge is -2.32. The Labute approximate surface area is 162 Å². The Balaban J connectivity index is 1.51. The average Bonchev–Trinajstić information content (AvgIpc) is 2.63. The van der Waals surface area contributed by atoms with Crippen molar-refractivity contribution in [1.29, 1.82) is 0 Å². The van der Waals surface area contributed by atoms with Crippen molar-refractivity contribution in [2.75, 3.05) is 29.9 Å². The summed E-state index contributed by atoms with van der Waals surface area (Å²) < 4.78 is 5.54. The topological polar surface area (TPSA) is 66.5 Å². The molecule has 138 valence electrons. The average molecular weight is 395 g/mol. The van der Waals surface area contributed by atoms with Gasteiger partial charge in [-0.05, 0) is 36.8 Å². The Hall–Kier alpha value is -2.02. The molecule has 3 rings (SSSR count). The largest absolute Gasteiger partial charge is 0.375 e. The highest BCUT2D eigenvalue weighted by Gasteiger charge is 2.17. The first-order chi connectivity index (χ1) is 12.5. The van der Waals surface area contributed by atoms with Gasteiger partial charge in [-0.15, -0.1) is 0 Å². The van der Waals surface area contributed by atoms with Gasteiger partial charge in [0.15, 0.2) is 0 Å². The molecule has 1 unspecified atom stereocenters. The van der Waals surface area contributed by atoms with Crippen LogP contribution in [0.15, 0.2) is 36.5 Å². The molecule has 2 heterocycles. The first-order valence-electron chi connectivity index (χ1n) is 8.32. The van der Waals surface area contributed by atoms with E-state index in [-0.39, 0.29) is 12.1 Å². The number of carbonyl (C=O) groups is 1. The minimum Gasteiger partial charge on any atom is -0.375 e. The lowest BCUT2D eigenvalue weighted by atomic mass is 10.2. The molecule has 1 aromatic heterocycles. The number of urea groups is 1. The third kappa shape index (κ3) is 5.00. The Kier molecular flexibility index (Phi) is 6.19. The van der Waals surface area contributed by atoms with Gasteiger partial charge in [-0.25, -0.2) is 9.78 Å². The van der Waals surface area contributed by atoms with E-state index in [0.29, 0.717) is 28.9 Å². The number of pyridine rings is 1. The summed E-state index contributed by atoms with van der Waals surface area (Å²) in [6.07, 6.45) is 1.98. The molecule has 0 aliphatic carbocycles. The van der Waals surface area contributed by atoms with E-state index in [1.165, 1.54) is 0 Å². The molecule has 8 heteroatoms. The number of ether oxygens (including phenoxy) is 1. The predicted octanol–water partition coefficient (Wildman–Crippen LogP) is 3.94. The summed E-state index contributed by atoms with van der Waals surface area (Å²) in [5.41, 5.74) is 1.49. The van der Waals surface area contributed by atoms with E-state index < -0.39 is 0 Å². The van der Waals surface area contributed by atoms with Gasteiger partial charge >= 0.3 is 6.03 Å². The molecular formula is C18H20Cl2N4O2. The standard InChI is InChI=1S/C18H20Cl2N4O2/c1-12-11-24(6-7-26-12)17-5-2-13(9-21-17)10-22-18(25)23-14-3-4-15(19)16(20)8-14/h2-5,8-9,12H,6-7,10-11H2,1H3,(H2,22,23,25). The van der Waals surface area contributed by atoms with E-state index >= 15 is 0 Å².